The standard InChI is InChI=1S/C11H11F3N2/c1-11(4-9(15)16-5-11)7-2-6(12)3-8(13)10(7)14/h2-4,16H,5,15H2,1H3. The van der Waals surface area contributed by atoms with Crippen molar-refractivity contribution >= 4 is 0 Å². The number of nitrogens with one attached hydrogen (secondary N) is 1. The van der Waals surface area contributed by atoms with Crippen LogP contribution in [0.25, 0.3) is 0 Å². The summed E-state index contributed by atoms with van der Waals surface area (Å²) >= 11 is 0. The van der Waals surface area contributed by atoms with E-state index in [2.05, 4.69) is 5.32 Å². The lowest BCUT2D eigenvalue weighted by Gasteiger charge is -2.22. The first kappa shape index (κ1) is 10.9. The van der Waals surface area contributed by atoms with Gasteiger partial charge in [-0.15, -0.1) is 0 Å². The van der Waals surface area contributed by atoms with Crippen molar-refractivity contribution < 1.29 is 13.2 Å². The summed E-state index contributed by atoms with van der Waals surface area (Å²) in [6.07, 6.45) is 1.56. The Hall–Kier alpha value is -1.65. The van der Waals surface area contributed by atoms with Crippen LogP contribution in [0.5, 0.6) is 0 Å². The summed E-state index contributed by atoms with van der Waals surface area (Å²) < 4.78 is 39.7. The molecule has 1 heterocycles. The zero-order valence-electron chi connectivity index (χ0n) is 8.65. The van der Waals surface area contributed by atoms with E-state index in [1.807, 2.05) is 0 Å². The Morgan fingerprint density at radius 1 is 1.31 bits per heavy atom. The quantitative estimate of drug-likeness (QED) is 0.719. The monoisotopic (exact) mass is 228 g/mol. The fraction of sp³-hybridized carbons (Fsp3) is 0.273. The van der Waals surface area contributed by atoms with Crippen molar-refractivity contribution in [2.24, 2.45) is 5.73 Å². The van der Waals surface area contributed by atoms with Crippen molar-refractivity contribution in [2.45, 2.75) is 12.3 Å². The summed E-state index contributed by atoms with van der Waals surface area (Å²) in [5.41, 5.74) is 4.66. The molecule has 2 nitrogen and oxygen atoms in total. The highest BCUT2D eigenvalue weighted by atomic mass is 19.2. The summed E-state index contributed by atoms with van der Waals surface area (Å²) in [5, 5.41) is 2.80. The molecular weight excluding hydrogens is 217 g/mol. The summed E-state index contributed by atoms with van der Waals surface area (Å²) in [7, 11) is 0. The van der Waals surface area contributed by atoms with Crippen molar-refractivity contribution in [1.82, 2.24) is 5.32 Å². The van der Waals surface area contributed by atoms with Crippen molar-refractivity contribution in [3.8, 4) is 0 Å². The minimum absolute atomic E-state index is 0.0297. The molecule has 0 aliphatic carbocycles. The van der Waals surface area contributed by atoms with Crippen molar-refractivity contribution in [1.29, 1.82) is 0 Å². The van der Waals surface area contributed by atoms with Crippen molar-refractivity contribution in [3.05, 3.63) is 47.0 Å². The van der Waals surface area contributed by atoms with Crippen LogP contribution in [0.4, 0.5) is 13.2 Å². The molecule has 0 bridgehead atoms. The maximum absolute atomic E-state index is 13.6. The van der Waals surface area contributed by atoms with E-state index in [0.29, 0.717) is 18.4 Å². The van der Waals surface area contributed by atoms with Crippen molar-refractivity contribution in [2.75, 3.05) is 6.54 Å². The highest BCUT2D eigenvalue weighted by Gasteiger charge is 2.33. The second kappa shape index (κ2) is 3.43. The van der Waals surface area contributed by atoms with Crippen LogP contribution in [0, 0.1) is 17.5 Å². The molecule has 86 valence electrons. The summed E-state index contributed by atoms with van der Waals surface area (Å²) in [5.74, 6) is -2.63. The van der Waals surface area contributed by atoms with Gasteiger partial charge in [0.25, 0.3) is 0 Å². The van der Waals surface area contributed by atoms with Crippen LogP contribution < -0.4 is 11.1 Å². The molecule has 1 aromatic rings. The van der Waals surface area contributed by atoms with E-state index in [9.17, 15) is 13.2 Å². The zero-order valence-corrected chi connectivity index (χ0v) is 8.65. The second-order valence-corrected chi connectivity index (χ2v) is 4.12. The lowest BCUT2D eigenvalue weighted by atomic mass is 9.83. The molecule has 0 fully saturated rings. The predicted molar refractivity (Wildman–Crippen MR) is 53.9 cm³/mol. The SMILES string of the molecule is CC1(c2cc(F)cc(F)c2F)C=C(N)NC1. The third-order valence-corrected chi connectivity index (χ3v) is 2.74. The summed E-state index contributed by atoms with van der Waals surface area (Å²) in [6.45, 7) is 1.98. The van der Waals surface area contributed by atoms with E-state index in [4.69, 9.17) is 5.73 Å². The molecule has 3 N–H and O–H groups in total. The molecule has 0 radical (unpaired) electrons. The van der Waals surface area contributed by atoms with Crippen LogP contribution in [-0.4, -0.2) is 6.54 Å². The molecule has 0 saturated heterocycles. The van der Waals surface area contributed by atoms with Crippen LogP contribution in [0.3, 0.4) is 0 Å². The van der Waals surface area contributed by atoms with Gasteiger partial charge in [-0.2, -0.15) is 0 Å². The number of rotatable bonds is 1. The first-order valence-corrected chi connectivity index (χ1v) is 4.79. The van der Waals surface area contributed by atoms with E-state index in [-0.39, 0.29) is 5.56 Å². The van der Waals surface area contributed by atoms with Gasteiger partial charge >= 0.3 is 0 Å². The Balaban J connectivity index is 2.56. The van der Waals surface area contributed by atoms with Gasteiger partial charge in [0.1, 0.15) is 5.82 Å². The summed E-state index contributed by atoms with van der Waals surface area (Å²) in [6, 6.07) is 1.52. The Morgan fingerprint density at radius 3 is 2.56 bits per heavy atom. The van der Waals surface area contributed by atoms with E-state index >= 15 is 0 Å². The van der Waals surface area contributed by atoms with Crippen LogP contribution in [0.2, 0.25) is 0 Å². The molecular formula is C11H11F3N2. The Labute approximate surface area is 90.9 Å². The molecule has 1 atom stereocenters. The Kier molecular flexibility index (Phi) is 2.33. The number of benzene rings is 1. The molecule has 2 rings (SSSR count). The molecule has 5 heteroatoms. The Morgan fingerprint density at radius 2 is 2.00 bits per heavy atom. The van der Waals surface area contributed by atoms with Gasteiger partial charge in [0.05, 0.1) is 5.82 Å². The molecule has 0 aromatic heterocycles. The topological polar surface area (TPSA) is 38.0 Å². The van der Waals surface area contributed by atoms with E-state index in [0.717, 1.165) is 6.07 Å². The maximum Gasteiger partial charge on any atom is 0.163 e. The van der Waals surface area contributed by atoms with Gasteiger partial charge < -0.3 is 11.1 Å². The number of hydrogen-bond donors (Lipinski definition) is 2. The Bertz CT molecular complexity index is 471. The molecule has 1 unspecified atom stereocenters. The van der Waals surface area contributed by atoms with Gasteiger partial charge in [0, 0.05) is 23.6 Å². The highest BCUT2D eigenvalue weighted by molar-refractivity contribution is 5.36. The first-order chi connectivity index (χ1) is 7.42. The third kappa shape index (κ3) is 1.62. The van der Waals surface area contributed by atoms with Gasteiger partial charge in [-0.05, 0) is 12.1 Å². The smallest absolute Gasteiger partial charge is 0.163 e. The zero-order chi connectivity index (χ0) is 11.9. The molecule has 1 aliphatic heterocycles. The van der Waals surface area contributed by atoms with Gasteiger partial charge in [-0.25, -0.2) is 13.2 Å². The number of hydrogen-bond acceptors (Lipinski definition) is 2. The average Bonchev–Trinajstić information content (AvgIpc) is 2.53. The molecule has 1 aromatic carbocycles. The third-order valence-electron chi connectivity index (χ3n) is 2.74. The largest absolute Gasteiger partial charge is 0.386 e. The maximum atomic E-state index is 13.6. The van der Waals surface area contributed by atoms with E-state index in [1.54, 1.807) is 13.0 Å². The molecule has 0 saturated carbocycles. The molecule has 0 amide bonds. The lowest BCUT2D eigenvalue weighted by Crippen LogP contribution is -2.28. The number of nitrogens with two attached hydrogens (primary N) is 1. The molecule has 16 heavy (non-hydrogen) atoms. The van der Waals surface area contributed by atoms with Crippen LogP contribution in [0.1, 0.15) is 12.5 Å². The minimum atomic E-state index is -1.19. The predicted octanol–water partition coefficient (Wildman–Crippen LogP) is 1.76. The lowest BCUT2D eigenvalue weighted by molar-refractivity contribution is 0.459. The van der Waals surface area contributed by atoms with Gasteiger partial charge in [-0.1, -0.05) is 6.92 Å². The number of halogens is 3. The van der Waals surface area contributed by atoms with Gasteiger partial charge in [0.2, 0.25) is 0 Å². The second-order valence-electron chi connectivity index (χ2n) is 4.12. The highest BCUT2D eigenvalue weighted by Crippen LogP contribution is 2.32. The van der Waals surface area contributed by atoms with Crippen LogP contribution in [-0.2, 0) is 5.41 Å². The fourth-order valence-electron chi connectivity index (χ4n) is 1.88. The van der Waals surface area contributed by atoms with Crippen LogP contribution in [0.15, 0.2) is 24.0 Å². The fourth-order valence-corrected chi connectivity index (χ4v) is 1.88. The average molecular weight is 228 g/mol. The van der Waals surface area contributed by atoms with Gasteiger partial charge in [-0.3, -0.25) is 0 Å². The minimum Gasteiger partial charge on any atom is -0.386 e. The van der Waals surface area contributed by atoms with Crippen molar-refractivity contribution in [3.63, 3.8) is 0 Å². The summed E-state index contributed by atoms with van der Waals surface area (Å²) in [4.78, 5) is 0. The van der Waals surface area contributed by atoms with E-state index in [1.165, 1.54) is 0 Å². The first-order valence-electron chi connectivity index (χ1n) is 4.79. The molecule has 0 spiro atoms. The van der Waals surface area contributed by atoms with Gasteiger partial charge in [0.15, 0.2) is 11.6 Å². The van der Waals surface area contributed by atoms with E-state index < -0.39 is 22.9 Å². The van der Waals surface area contributed by atoms with Crippen LogP contribution >= 0.6 is 0 Å². The molecule has 1 aliphatic rings. The normalized spacial score (nSPS) is 24.1.